The van der Waals surface area contributed by atoms with E-state index in [4.69, 9.17) is 5.73 Å². The molecule has 0 bridgehead atoms. The van der Waals surface area contributed by atoms with Crippen molar-refractivity contribution in [2.24, 2.45) is 11.1 Å². The molecule has 0 aliphatic carbocycles. The van der Waals surface area contributed by atoms with Crippen LogP contribution in [-0.2, 0) is 6.18 Å². The quantitative estimate of drug-likeness (QED) is 0.874. The van der Waals surface area contributed by atoms with Crippen molar-refractivity contribution in [2.45, 2.75) is 39.4 Å². The molecule has 0 saturated heterocycles. The van der Waals surface area contributed by atoms with Gasteiger partial charge in [-0.2, -0.15) is 13.2 Å². The highest BCUT2D eigenvalue weighted by Gasteiger charge is 2.33. The van der Waals surface area contributed by atoms with Crippen LogP contribution in [0.15, 0.2) is 24.3 Å². The minimum Gasteiger partial charge on any atom is -0.383 e. The molecule has 0 radical (unpaired) electrons. The minimum atomic E-state index is -4.35. The van der Waals surface area contributed by atoms with E-state index in [0.29, 0.717) is 6.54 Å². The Morgan fingerprint density at radius 1 is 1.16 bits per heavy atom. The minimum absolute atomic E-state index is 0.0602. The normalized spacial score (nSPS) is 14.3. The number of nitrogens with one attached hydrogen (secondary N) is 1. The Labute approximate surface area is 112 Å². The number of halogens is 3. The zero-order chi connectivity index (χ0) is 14.7. The highest BCUT2D eigenvalue weighted by atomic mass is 19.4. The molecule has 1 aromatic carbocycles. The summed E-state index contributed by atoms with van der Waals surface area (Å²) in [5.41, 5.74) is 5.41. The van der Waals surface area contributed by atoms with Crippen molar-refractivity contribution in [3.8, 4) is 0 Å². The van der Waals surface area contributed by atoms with Crippen LogP contribution in [0.3, 0.4) is 0 Å². The molecule has 0 saturated carbocycles. The Bertz CT molecular complexity index is 408. The Morgan fingerprint density at radius 2 is 1.74 bits per heavy atom. The summed E-state index contributed by atoms with van der Waals surface area (Å²) in [5.74, 6) is 0. The summed E-state index contributed by atoms with van der Waals surface area (Å²) < 4.78 is 38.3. The van der Waals surface area contributed by atoms with Crippen molar-refractivity contribution >= 4 is 5.69 Å². The fourth-order valence-corrected chi connectivity index (χ4v) is 1.98. The van der Waals surface area contributed by atoms with Gasteiger partial charge >= 0.3 is 6.18 Å². The largest absolute Gasteiger partial charge is 0.418 e. The van der Waals surface area contributed by atoms with Crippen molar-refractivity contribution in [2.75, 3.05) is 11.9 Å². The van der Waals surface area contributed by atoms with Gasteiger partial charge in [-0.15, -0.1) is 0 Å². The molecule has 0 amide bonds. The molecule has 1 unspecified atom stereocenters. The topological polar surface area (TPSA) is 38.0 Å². The molecule has 0 aliphatic rings. The SMILES string of the molecule is CC(C)(C)CC(N)CNc1ccccc1C(F)(F)F. The summed E-state index contributed by atoms with van der Waals surface area (Å²) in [6.07, 6.45) is -3.61. The number of benzene rings is 1. The van der Waals surface area contributed by atoms with Crippen molar-refractivity contribution < 1.29 is 13.2 Å². The lowest BCUT2D eigenvalue weighted by molar-refractivity contribution is -0.136. The van der Waals surface area contributed by atoms with Crippen LogP contribution in [0.1, 0.15) is 32.8 Å². The molecule has 1 rings (SSSR count). The average Bonchev–Trinajstić information content (AvgIpc) is 2.23. The summed E-state index contributed by atoms with van der Waals surface area (Å²) >= 11 is 0. The summed E-state index contributed by atoms with van der Waals surface area (Å²) in [5, 5.41) is 2.80. The van der Waals surface area contributed by atoms with Crippen LogP contribution >= 0.6 is 0 Å². The first-order valence-electron chi connectivity index (χ1n) is 6.25. The third-order valence-electron chi connectivity index (χ3n) is 2.66. The Kier molecular flexibility index (Phi) is 4.85. The lowest BCUT2D eigenvalue weighted by atomic mass is 9.88. The third kappa shape index (κ3) is 5.51. The van der Waals surface area contributed by atoms with Gasteiger partial charge in [-0.05, 0) is 24.0 Å². The molecular weight excluding hydrogens is 253 g/mol. The molecule has 0 aromatic heterocycles. The molecule has 108 valence electrons. The van der Waals surface area contributed by atoms with E-state index in [1.165, 1.54) is 12.1 Å². The summed E-state index contributed by atoms with van der Waals surface area (Å²) in [6.45, 7) is 6.48. The number of alkyl halides is 3. The van der Waals surface area contributed by atoms with Crippen molar-refractivity contribution in [1.29, 1.82) is 0 Å². The molecule has 1 aromatic rings. The summed E-state index contributed by atoms with van der Waals surface area (Å²) in [4.78, 5) is 0. The van der Waals surface area contributed by atoms with E-state index < -0.39 is 11.7 Å². The van der Waals surface area contributed by atoms with Gasteiger partial charge in [0.15, 0.2) is 0 Å². The molecule has 2 nitrogen and oxygen atoms in total. The molecule has 0 heterocycles. The van der Waals surface area contributed by atoms with Gasteiger partial charge in [-0.25, -0.2) is 0 Å². The van der Waals surface area contributed by atoms with E-state index in [-0.39, 0.29) is 17.1 Å². The monoisotopic (exact) mass is 274 g/mol. The number of para-hydroxylation sites is 1. The van der Waals surface area contributed by atoms with E-state index in [0.717, 1.165) is 12.5 Å². The highest BCUT2D eigenvalue weighted by molar-refractivity contribution is 5.52. The molecule has 1 atom stereocenters. The van der Waals surface area contributed by atoms with Crippen molar-refractivity contribution in [1.82, 2.24) is 0 Å². The zero-order valence-corrected chi connectivity index (χ0v) is 11.5. The lowest BCUT2D eigenvalue weighted by Crippen LogP contribution is -2.33. The molecule has 0 fully saturated rings. The lowest BCUT2D eigenvalue weighted by Gasteiger charge is -2.24. The van der Waals surface area contributed by atoms with Gasteiger partial charge in [0, 0.05) is 18.3 Å². The van der Waals surface area contributed by atoms with Crippen LogP contribution < -0.4 is 11.1 Å². The van der Waals surface area contributed by atoms with Gasteiger partial charge < -0.3 is 11.1 Å². The molecule has 0 spiro atoms. The predicted molar refractivity (Wildman–Crippen MR) is 72.0 cm³/mol. The molecule has 0 aliphatic heterocycles. The Morgan fingerprint density at radius 3 is 2.26 bits per heavy atom. The van der Waals surface area contributed by atoms with Gasteiger partial charge in [0.25, 0.3) is 0 Å². The maximum absolute atomic E-state index is 12.8. The second-order valence-electron chi connectivity index (χ2n) is 5.95. The van der Waals surface area contributed by atoms with Gasteiger partial charge in [-0.1, -0.05) is 32.9 Å². The predicted octanol–water partition coefficient (Wildman–Crippen LogP) is 3.88. The fourth-order valence-electron chi connectivity index (χ4n) is 1.98. The van der Waals surface area contributed by atoms with E-state index in [9.17, 15) is 13.2 Å². The van der Waals surface area contributed by atoms with Gasteiger partial charge in [-0.3, -0.25) is 0 Å². The fraction of sp³-hybridized carbons (Fsp3) is 0.571. The number of anilines is 1. The van der Waals surface area contributed by atoms with Gasteiger partial charge in [0.1, 0.15) is 0 Å². The van der Waals surface area contributed by atoms with Crippen LogP contribution in [0, 0.1) is 5.41 Å². The van der Waals surface area contributed by atoms with Crippen LogP contribution in [0.2, 0.25) is 0 Å². The molecular formula is C14H21F3N2. The van der Waals surface area contributed by atoms with E-state index >= 15 is 0 Å². The van der Waals surface area contributed by atoms with Crippen molar-refractivity contribution in [3.05, 3.63) is 29.8 Å². The number of hydrogen-bond acceptors (Lipinski definition) is 2. The zero-order valence-electron chi connectivity index (χ0n) is 11.5. The standard InChI is InChI=1S/C14H21F3N2/c1-13(2,3)8-10(18)9-19-12-7-5-4-6-11(12)14(15,16)17/h4-7,10,19H,8-9,18H2,1-3H3. The van der Waals surface area contributed by atoms with E-state index in [1.54, 1.807) is 6.07 Å². The smallest absolute Gasteiger partial charge is 0.383 e. The van der Waals surface area contributed by atoms with Gasteiger partial charge in [0.2, 0.25) is 0 Å². The van der Waals surface area contributed by atoms with Gasteiger partial charge in [0.05, 0.1) is 5.56 Å². The maximum atomic E-state index is 12.8. The van der Waals surface area contributed by atoms with Crippen LogP contribution in [-0.4, -0.2) is 12.6 Å². The highest BCUT2D eigenvalue weighted by Crippen LogP contribution is 2.34. The second kappa shape index (κ2) is 5.82. The average molecular weight is 274 g/mol. The second-order valence-corrected chi connectivity index (χ2v) is 5.95. The Balaban J connectivity index is 2.68. The number of hydrogen-bond donors (Lipinski definition) is 2. The number of nitrogens with two attached hydrogens (primary N) is 1. The number of rotatable bonds is 4. The maximum Gasteiger partial charge on any atom is 0.418 e. The summed E-state index contributed by atoms with van der Waals surface area (Å²) in [6, 6.07) is 5.27. The summed E-state index contributed by atoms with van der Waals surface area (Å²) in [7, 11) is 0. The Hall–Kier alpha value is -1.23. The van der Waals surface area contributed by atoms with Crippen molar-refractivity contribution in [3.63, 3.8) is 0 Å². The third-order valence-corrected chi connectivity index (χ3v) is 2.66. The van der Waals surface area contributed by atoms with Crippen LogP contribution in [0.5, 0.6) is 0 Å². The first kappa shape index (κ1) is 15.8. The first-order valence-corrected chi connectivity index (χ1v) is 6.25. The molecule has 3 N–H and O–H groups in total. The van der Waals surface area contributed by atoms with Crippen LogP contribution in [0.25, 0.3) is 0 Å². The van der Waals surface area contributed by atoms with E-state index in [2.05, 4.69) is 26.1 Å². The van der Waals surface area contributed by atoms with Crippen LogP contribution in [0.4, 0.5) is 18.9 Å². The molecule has 5 heteroatoms. The molecule has 19 heavy (non-hydrogen) atoms. The first-order chi connectivity index (χ1) is 8.59. The van der Waals surface area contributed by atoms with E-state index in [1.807, 2.05) is 0 Å².